The summed E-state index contributed by atoms with van der Waals surface area (Å²) >= 11 is 0. The molecule has 3 heterocycles. The molecule has 1 atom stereocenters. The SMILES string of the molecule is COc1ccc(C(=O)N2[C@@H](C(=O)NC(C)C)COC23CCN(C(=O)c2ccc4c(c2)OCO4)CC3)cc1. The van der Waals surface area contributed by atoms with Crippen molar-refractivity contribution in [3.8, 4) is 17.2 Å². The van der Waals surface area contributed by atoms with E-state index in [0.717, 1.165) is 0 Å². The van der Waals surface area contributed by atoms with Gasteiger partial charge in [-0.05, 0) is 56.3 Å². The zero-order valence-corrected chi connectivity index (χ0v) is 21.2. The van der Waals surface area contributed by atoms with E-state index in [9.17, 15) is 14.4 Å². The van der Waals surface area contributed by atoms with Crippen molar-refractivity contribution in [2.24, 2.45) is 0 Å². The molecule has 10 nitrogen and oxygen atoms in total. The number of piperidine rings is 1. The van der Waals surface area contributed by atoms with Crippen LogP contribution in [0.1, 0.15) is 47.4 Å². The predicted octanol–water partition coefficient (Wildman–Crippen LogP) is 2.42. The number of nitrogens with zero attached hydrogens (tertiary/aromatic N) is 2. The first-order chi connectivity index (χ1) is 17.8. The second-order valence-corrected chi connectivity index (χ2v) is 9.70. The lowest BCUT2D eigenvalue weighted by molar-refractivity contribution is -0.128. The third kappa shape index (κ3) is 4.69. The van der Waals surface area contributed by atoms with E-state index in [1.54, 1.807) is 59.4 Å². The summed E-state index contributed by atoms with van der Waals surface area (Å²) in [6, 6.07) is 11.1. The van der Waals surface area contributed by atoms with Crippen molar-refractivity contribution in [3.05, 3.63) is 53.6 Å². The minimum Gasteiger partial charge on any atom is -0.497 e. The van der Waals surface area contributed by atoms with E-state index in [0.29, 0.717) is 54.3 Å². The molecule has 196 valence electrons. The van der Waals surface area contributed by atoms with Gasteiger partial charge in [-0.2, -0.15) is 0 Å². The van der Waals surface area contributed by atoms with Crippen LogP contribution in [0.5, 0.6) is 17.2 Å². The predicted molar refractivity (Wildman–Crippen MR) is 133 cm³/mol. The molecular formula is C27H31N3O7. The third-order valence-electron chi connectivity index (χ3n) is 7.00. The average molecular weight is 510 g/mol. The quantitative estimate of drug-likeness (QED) is 0.660. The van der Waals surface area contributed by atoms with E-state index in [-0.39, 0.29) is 37.2 Å². The van der Waals surface area contributed by atoms with Crippen LogP contribution in [0.2, 0.25) is 0 Å². The zero-order valence-electron chi connectivity index (χ0n) is 21.2. The molecule has 1 N–H and O–H groups in total. The summed E-state index contributed by atoms with van der Waals surface area (Å²) in [6.07, 6.45) is 0.771. The first kappa shape index (κ1) is 24.9. The molecule has 2 aromatic rings. The number of ether oxygens (including phenoxy) is 4. The Balaban J connectivity index is 1.36. The third-order valence-corrected chi connectivity index (χ3v) is 7.00. The van der Waals surface area contributed by atoms with Crippen molar-refractivity contribution in [1.82, 2.24) is 15.1 Å². The highest BCUT2D eigenvalue weighted by atomic mass is 16.7. The molecule has 0 radical (unpaired) electrons. The Hall–Kier alpha value is -3.79. The number of amides is 3. The van der Waals surface area contributed by atoms with Crippen LogP contribution >= 0.6 is 0 Å². The number of likely N-dealkylation sites (tertiary alicyclic amines) is 1. The monoisotopic (exact) mass is 509 g/mol. The highest BCUT2D eigenvalue weighted by molar-refractivity contribution is 5.99. The van der Waals surface area contributed by atoms with Crippen LogP contribution in [0.25, 0.3) is 0 Å². The van der Waals surface area contributed by atoms with Crippen molar-refractivity contribution in [1.29, 1.82) is 0 Å². The fraction of sp³-hybridized carbons (Fsp3) is 0.444. The smallest absolute Gasteiger partial charge is 0.256 e. The molecule has 2 fully saturated rings. The van der Waals surface area contributed by atoms with Crippen molar-refractivity contribution in [2.45, 2.75) is 44.5 Å². The number of carbonyl (C=O) groups excluding carboxylic acids is 3. The molecule has 3 amide bonds. The first-order valence-electron chi connectivity index (χ1n) is 12.4. The molecule has 3 aliphatic heterocycles. The number of fused-ring (bicyclic) bond motifs is 1. The maximum Gasteiger partial charge on any atom is 0.256 e. The fourth-order valence-electron chi connectivity index (χ4n) is 5.09. The average Bonchev–Trinajstić information content (AvgIpc) is 3.52. The summed E-state index contributed by atoms with van der Waals surface area (Å²) in [6.45, 7) is 4.73. The molecule has 2 saturated heterocycles. The Morgan fingerprint density at radius 2 is 1.65 bits per heavy atom. The highest BCUT2D eigenvalue weighted by Gasteiger charge is 2.54. The van der Waals surface area contributed by atoms with Crippen LogP contribution in [0.3, 0.4) is 0 Å². The van der Waals surface area contributed by atoms with E-state index in [1.165, 1.54) is 0 Å². The van der Waals surface area contributed by atoms with Gasteiger partial charge in [-0.15, -0.1) is 0 Å². The van der Waals surface area contributed by atoms with E-state index < -0.39 is 11.8 Å². The van der Waals surface area contributed by atoms with E-state index in [4.69, 9.17) is 18.9 Å². The van der Waals surface area contributed by atoms with Crippen LogP contribution in [0.4, 0.5) is 0 Å². The molecule has 0 saturated carbocycles. The number of carbonyl (C=O) groups is 3. The van der Waals surface area contributed by atoms with Crippen LogP contribution in [-0.2, 0) is 9.53 Å². The second kappa shape index (κ2) is 9.93. The molecule has 0 unspecified atom stereocenters. The second-order valence-electron chi connectivity index (χ2n) is 9.70. The van der Waals surface area contributed by atoms with Gasteiger partial charge in [0.1, 0.15) is 17.5 Å². The van der Waals surface area contributed by atoms with Crippen molar-refractivity contribution >= 4 is 17.7 Å². The molecule has 0 aromatic heterocycles. The molecule has 0 bridgehead atoms. The number of hydrogen-bond acceptors (Lipinski definition) is 7. The summed E-state index contributed by atoms with van der Waals surface area (Å²) < 4.78 is 22.2. The number of methoxy groups -OCH3 is 1. The number of rotatable bonds is 5. The van der Waals surface area contributed by atoms with Crippen molar-refractivity contribution in [3.63, 3.8) is 0 Å². The maximum absolute atomic E-state index is 13.8. The van der Waals surface area contributed by atoms with Gasteiger partial charge in [-0.3, -0.25) is 19.3 Å². The molecule has 10 heteroatoms. The fourth-order valence-corrected chi connectivity index (χ4v) is 5.09. The maximum atomic E-state index is 13.8. The lowest BCUT2D eigenvalue weighted by atomic mass is 9.96. The molecule has 3 aliphatic rings. The van der Waals surface area contributed by atoms with Gasteiger partial charge < -0.3 is 29.2 Å². The molecule has 1 spiro atoms. The van der Waals surface area contributed by atoms with Gasteiger partial charge in [0.2, 0.25) is 12.7 Å². The lowest BCUT2D eigenvalue weighted by Gasteiger charge is -2.44. The van der Waals surface area contributed by atoms with Crippen LogP contribution < -0.4 is 19.5 Å². The van der Waals surface area contributed by atoms with E-state index in [2.05, 4.69) is 5.32 Å². The Labute approximate surface area is 215 Å². The minimum atomic E-state index is -0.984. The van der Waals surface area contributed by atoms with Gasteiger partial charge in [0.05, 0.1) is 13.7 Å². The summed E-state index contributed by atoms with van der Waals surface area (Å²) in [5.41, 5.74) is -0.0402. The van der Waals surface area contributed by atoms with Gasteiger partial charge in [0.25, 0.3) is 11.8 Å². The van der Waals surface area contributed by atoms with Crippen LogP contribution in [0.15, 0.2) is 42.5 Å². The number of nitrogens with one attached hydrogen (secondary N) is 1. The molecular weight excluding hydrogens is 478 g/mol. The lowest BCUT2D eigenvalue weighted by Crippen LogP contribution is -2.60. The van der Waals surface area contributed by atoms with Gasteiger partial charge in [-0.1, -0.05) is 0 Å². The molecule has 0 aliphatic carbocycles. The first-order valence-corrected chi connectivity index (χ1v) is 12.4. The Morgan fingerprint density at radius 1 is 0.973 bits per heavy atom. The van der Waals surface area contributed by atoms with Gasteiger partial charge in [0, 0.05) is 43.1 Å². The largest absolute Gasteiger partial charge is 0.497 e. The van der Waals surface area contributed by atoms with E-state index >= 15 is 0 Å². The Bertz CT molecular complexity index is 1190. The van der Waals surface area contributed by atoms with Gasteiger partial charge >= 0.3 is 0 Å². The Kier molecular flexibility index (Phi) is 6.68. The Morgan fingerprint density at radius 3 is 2.32 bits per heavy atom. The van der Waals surface area contributed by atoms with E-state index in [1.807, 2.05) is 13.8 Å². The summed E-state index contributed by atoms with van der Waals surface area (Å²) in [7, 11) is 1.56. The number of benzene rings is 2. The minimum absolute atomic E-state index is 0.0804. The van der Waals surface area contributed by atoms with Crippen LogP contribution in [-0.4, -0.2) is 78.9 Å². The molecule has 37 heavy (non-hydrogen) atoms. The molecule has 2 aromatic carbocycles. The summed E-state index contributed by atoms with van der Waals surface area (Å²) in [4.78, 5) is 43.4. The zero-order chi connectivity index (χ0) is 26.2. The summed E-state index contributed by atoms with van der Waals surface area (Å²) in [5.74, 6) is 1.12. The normalized spacial score (nSPS) is 19.8. The molecule has 5 rings (SSSR count). The summed E-state index contributed by atoms with van der Waals surface area (Å²) in [5, 5.41) is 2.91. The van der Waals surface area contributed by atoms with Crippen LogP contribution in [0, 0.1) is 0 Å². The topological polar surface area (TPSA) is 107 Å². The van der Waals surface area contributed by atoms with Gasteiger partial charge in [-0.25, -0.2) is 0 Å². The van der Waals surface area contributed by atoms with Gasteiger partial charge in [0.15, 0.2) is 11.5 Å². The highest BCUT2D eigenvalue weighted by Crippen LogP contribution is 2.39. The van der Waals surface area contributed by atoms with Crippen molar-refractivity contribution < 1.29 is 33.3 Å². The number of hydrogen-bond donors (Lipinski definition) is 1. The van der Waals surface area contributed by atoms with Crippen molar-refractivity contribution in [2.75, 3.05) is 33.6 Å². The standard InChI is InChI=1S/C27H31N3O7/c1-17(2)28-24(31)21-15-37-27(30(21)26(33)18-4-7-20(34-3)8-5-18)10-12-29(13-11-27)25(32)19-6-9-22-23(14-19)36-16-35-22/h4-9,14,17,21H,10-13,15-16H2,1-3H3,(H,28,31)/t21-/m1/s1.